The Labute approximate surface area is 153 Å². The van der Waals surface area contributed by atoms with E-state index in [1.165, 1.54) is 36.5 Å². The van der Waals surface area contributed by atoms with Gasteiger partial charge in [-0.2, -0.15) is 0 Å². The monoisotopic (exact) mass is 369 g/mol. The Morgan fingerprint density at radius 1 is 0.885 bits per heavy atom. The number of anilines is 2. The average Bonchev–Trinajstić information content (AvgIpc) is 2.64. The van der Waals surface area contributed by atoms with E-state index in [1.807, 2.05) is 0 Å². The quantitative estimate of drug-likeness (QED) is 0.717. The van der Waals surface area contributed by atoms with Crippen LogP contribution in [0.1, 0.15) is 20.8 Å². The van der Waals surface area contributed by atoms with E-state index in [9.17, 15) is 14.0 Å². The second-order valence-electron chi connectivity index (χ2n) is 5.36. The summed E-state index contributed by atoms with van der Waals surface area (Å²) in [5, 5.41) is 5.79. The van der Waals surface area contributed by atoms with E-state index in [0.717, 1.165) is 0 Å². The number of halogens is 2. The molecule has 3 aromatic rings. The fourth-order valence-corrected chi connectivity index (χ4v) is 2.32. The van der Waals surface area contributed by atoms with Gasteiger partial charge in [0, 0.05) is 28.2 Å². The van der Waals surface area contributed by atoms with E-state index in [1.54, 1.807) is 30.3 Å². The molecule has 0 aliphatic carbocycles. The van der Waals surface area contributed by atoms with Crippen molar-refractivity contribution in [3.63, 3.8) is 0 Å². The molecule has 0 fully saturated rings. The highest BCUT2D eigenvalue weighted by Crippen LogP contribution is 2.15. The molecule has 0 aliphatic heterocycles. The van der Waals surface area contributed by atoms with Gasteiger partial charge in [0.1, 0.15) is 11.5 Å². The van der Waals surface area contributed by atoms with E-state index in [-0.39, 0.29) is 11.3 Å². The van der Waals surface area contributed by atoms with E-state index in [2.05, 4.69) is 15.6 Å². The number of hydrogen-bond donors (Lipinski definition) is 2. The lowest BCUT2D eigenvalue weighted by atomic mass is 10.2. The topological polar surface area (TPSA) is 71.1 Å². The van der Waals surface area contributed by atoms with Gasteiger partial charge in [-0.25, -0.2) is 4.39 Å². The number of carbonyl (C=O) groups excluding carboxylic acids is 2. The Kier molecular flexibility index (Phi) is 5.24. The third-order valence-electron chi connectivity index (χ3n) is 3.44. The SMILES string of the molecule is O=C(Nc1ccc(Cl)cc1)c1ccnc(C(=O)Nc2cccc(F)c2)c1. The Morgan fingerprint density at radius 2 is 1.62 bits per heavy atom. The average molecular weight is 370 g/mol. The summed E-state index contributed by atoms with van der Waals surface area (Å²) < 4.78 is 13.2. The van der Waals surface area contributed by atoms with Crippen molar-refractivity contribution in [1.82, 2.24) is 4.98 Å². The van der Waals surface area contributed by atoms with Crippen molar-refractivity contribution in [3.05, 3.63) is 89.0 Å². The largest absolute Gasteiger partial charge is 0.322 e. The highest BCUT2D eigenvalue weighted by molar-refractivity contribution is 6.30. The maximum Gasteiger partial charge on any atom is 0.274 e. The number of amides is 2. The molecule has 2 amide bonds. The third kappa shape index (κ3) is 4.43. The fourth-order valence-electron chi connectivity index (χ4n) is 2.19. The molecule has 7 heteroatoms. The molecule has 0 saturated carbocycles. The molecule has 3 rings (SSSR count). The smallest absolute Gasteiger partial charge is 0.274 e. The van der Waals surface area contributed by atoms with Crippen LogP contribution in [-0.4, -0.2) is 16.8 Å². The Balaban J connectivity index is 1.73. The maximum absolute atomic E-state index is 13.2. The minimum Gasteiger partial charge on any atom is -0.322 e. The summed E-state index contributed by atoms with van der Waals surface area (Å²) in [6.07, 6.45) is 1.36. The standard InChI is InChI=1S/C19H13ClFN3O2/c20-13-4-6-15(7-5-13)23-18(25)12-8-9-22-17(10-12)19(26)24-16-3-1-2-14(21)11-16/h1-11H,(H,23,25)(H,24,26). The lowest BCUT2D eigenvalue weighted by molar-refractivity contribution is 0.102. The Morgan fingerprint density at radius 3 is 2.35 bits per heavy atom. The summed E-state index contributed by atoms with van der Waals surface area (Å²) in [7, 11) is 0. The van der Waals surface area contributed by atoms with E-state index in [0.29, 0.717) is 16.4 Å². The minimum absolute atomic E-state index is 0.0398. The number of pyridine rings is 1. The number of aromatic nitrogens is 1. The zero-order chi connectivity index (χ0) is 18.5. The van der Waals surface area contributed by atoms with E-state index >= 15 is 0 Å². The number of nitrogens with one attached hydrogen (secondary N) is 2. The molecule has 0 aliphatic rings. The number of nitrogens with zero attached hydrogens (tertiary/aromatic N) is 1. The normalized spacial score (nSPS) is 10.2. The number of hydrogen-bond acceptors (Lipinski definition) is 3. The van der Waals surface area contributed by atoms with Gasteiger partial charge in [0.05, 0.1) is 0 Å². The van der Waals surface area contributed by atoms with Crippen LogP contribution in [-0.2, 0) is 0 Å². The Bertz CT molecular complexity index is 961. The second kappa shape index (κ2) is 7.76. The number of carbonyl (C=O) groups is 2. The second-order valence-corrected chi connectivity index (χ2v) is 5.79. The fraction of sp³-hybridized carbons (Fsp3) is 0. The molecule has 1 heterocycles. The van der Waals surface area contributed by atoms with Crippen LogP contribution in [0.25, 0.3) is 0 Å². The van der Waals surface area contributed by atoms with Crippen LogP contribution in [0.5, 0.6) is 0 Å². The first-order valence-corrected chi connectivity index (χ1v) is 7.99. The summed E-state index contributed by atoms with van der Waals surface area (Å²) in [6, 6.07) is 15.0. The minimum atomic E-state index is -0.545. The van der Waals surface area contributed by atoms with Gasteiger partial charge in [-0.3, -0.25) is 14.6 Å². The molecule has 0 bridgehead atoms. The van der Waals surface area contributed by atoms with Crippen molar-refractivity contribution in [2.24, 2.45) is 0 Å². The number of benzene rings is 2. The van der Waals surface area contributed by atoms with Gasteiger partial charge in [0.2, 0.25) is 0 Å². The summed E-state index contributed by atoms with van der Waals surface area (Å²) in [5.74, 6) is -1.40. The van der Waals surface area contributed by atoms with Crippen molar-refractivity contribution in [3.8, 4) is 0 Å². The predicted octanol–water partition coefficient (Wildman–Crippen LogP) is 4.38. The van der Waals surface area contributed by atoms with Crippen molar-refractivity contribution >= 4 is 34.8 Å². The van der Waals surface area contributed by atoms with Crippen molar-refractivity contribution in [2.75, 3.05) is 10.6 Å². The lowest BCUT2D eigenvalue weighted by Crippen LogP contribution is -2.17. The molecule has 2 N–H and O–H groups in total. The summed E-state index contributed by atoms with van der Waals surface area (Å²) in [6.45, 7) is 0. The molecule has 5 nitrogen and oxygen atoms in total. The van der Waals surface area contributed by atoms with Crippen LogP contribution >= 0.6 is 11.6 Å². The van der Waals surface area contributed by atoms with Gasteiger partial charge in [0.15, 0.2) is 0 Å². The summed E-state index contributed by atoms with van der Waals surface area (Å²) in [5.41, 5.74) is 1.17. The molecule has 26 heavy (non-hydrogen) atoms. The number of rotatable bonds is 4. The van der Waals surface area contributed by atoms with Crippen molar-refractivity contribution in [1.29, 1.82) is 0 Å². The Hall–Kier alpha value is -3.25. The molecule has 0 saturated heterocycles. The van der Waals surface area contributed by atoms with E-state index < -0.39 is 17.6 Å². The first-order chi connectivity index (χ1) is 12.5. The molecule has 1 aromatic heterocycles. The lowest BCUT2D eigenvalue weighted by Gasteiger charge is -2.08. The first-order valence-electron chi connectivity index (χ1n) is 7.61. The molecule has 0 atom stereocenters. The van der Waals surface area contributed by atoms with Crippen LogP contribution in [0.4, 0.5) is 15.8 Å². The molecule has 0 unspecified atom stereocenters. The van der Waals surface area contributed by atoms with Crippen LogP contribution in [0.3, 0.4) is 0 Å². The molecule has 0 spiro atoms. The van der Waals surface area contributed by atoms with Gasteiger partial charge < -0.3 is 10.6 Å². The molecular formula is C19H13ClFN3O2. The molecule has 2 aromatic carbocycles. The van der Waals surface area contributed by atoms with Gasteiger partial charge in [-0.05, 0) is 54.6 Å². The molecule has 130 valence electrons. The van der Waals surface area contributed by atoms with Gasteiger partial charge >= 0.3 is 0 Å². The van der Waals surface area contributed by atoms with Crippen LogP contribution in [0, 0.1) is 5.82 Å². The zero-order valence-electron chi connectivity index (χ0n) is 13.4. The van der Waals surface area contributed by atoms with E-state index in [4.69, 9.17) is 11.6 Å². The van der Waals surface area contributed by atoms with Gasteiger partial charge in [0.25, 0.3) is 11.8 Å². The summed E-state index contributed by atoms with van der Waals surface area (Å²) >= 11 is 5.81. The zero-order valence-corrected chi connectivity index (χ0v) is 14.1. The first kappa shape index (κ1) is 17.6. The van der Waals surface area contributed by atoms with Crippen LogP contribution < -0.4 is 10.6 Å². The molecule has 0 radical (unpaired) electrons. The van der Waals surface area contributed by atoms with Gasteiger partial charge in [-0.1, -0.05) is 17.7 Å². The maximum atomic E-state index is 13.2. The van der Waals surface area contributed by atoms with Crippen LogP contribution in [0.2, 0.25) is 5.02 Å². The van der Waals surface area contributed by atoms with Crippen molar-refractivity contribution < 1.29 is 14.0 Å². The molecular weight excluding hydrogens is 357 g/mol. The van der Waals surface area contributed by atoms with Crippen LogP contribution in [0.15, 0.2) is 66.9 Å². The summed E-state index contributed by atoms with van der Waals surface area (Å²) in [4.78, 5) is 28.5. The highest BCUT2D eigenvalue weighted by atomic mass is 35.5. The predicted molar refractivity (Wildman–Crippen MR) is 98.0 cm³/mol. The highest BCUT2D eigenvalue weighted by Gasteiger charge is 2.12. The van der Waals surface area contributed by atoms with Gasteiger partial charge in [-0.15, -0.1) is 0 Å². The third-order valence-corrected chi connectivity index (χ3v) is 3.69. The van der Waals surface area contributed by atoms with Crippen molar-refractivity contribution in [2.45, 2.75) is 0 Å².